The molecule has 0 radical (unpaired) electrons. The Labute approximate surface area is 120 Å². The van der Waals surface area contributed by atoms with Crippen molar-refractivity contribution in [3.63, 3.8) is 0 Å². The molecule has 104 valence electrons. The second kappa shape index (κ2) is 7.49. The maximum absolute atomic E-state index is 5.93. The van der Waals surface area contributed by atoms with Crippen LogP contribution in [0.25, 0.3) is 0 Å². The third-order valence-electron chi connectivity index (χ3n) is 3.27. The van der Waals surface area contributed by atoms with Crippen molar-refractivity contribution in [3.05, 3.63) is 21.3 Å². The van der Waals surface area contributed by atoms with Crippen LogP contribution in [0.4, 0.5) is 0 Å². The van der Waals surface area contributed by atoms with Gasteiger partial charge in [-0.05, 0) is 56.9 Å². The molecule has 1 heterocycles. The van der Waals surface area contributed by atoms with Gasteiger partial charge in [-0.2, -0.15) is 0 Å². The van der Waals surface area contributed by atoms with Crippen LogP contribution in [-0.4, -0.2) is 25.0 Å². The topological polar surface area (TPSA) is 29.3 Å². The lowest BCUT2D eigenvalue weighted by Crippen LogP contribution is -2.22. The Balaban J connectivity index is 2.23. The normalized spacial score (nSPS) is 12.3. The molecule has 2 nitrogen and oxygen atoms in total. The lowest BCUT2D eigenvalue weighted by atomic mass is 9.84. The van der Waals surface area contributed by atoms with Gasteiger partial charge in [0.25, 0.3) is 0 Å². The van der Waals surface area contributed by atoms with E-state index in [4.69, 9.17) is 17.3 Å². The van der Waals surface area contributed by atoms with Crippen molar-refractivity contribution in [1.82, 2.24) is 4.90 Å². The lowest BCUT2D eigenvalue weighted by Gasteiger charge is -2.25. The molecule has 0 atom stereocenters. The number of halogens is 1. The van der Waals surface area contributed by atoms with E-state index in [9.17, 15) is 0 Å². The summed E-state index contributed by atoms with van der Waals surface area (Å²) in [6, 6.07) is 4.08. The highest BCUT2D eigenvalue weighted by Crippen LogP contribution is 2.26. The molecule has 0 aromatic carbocycles. The van der Waals surface area contributed by atoms with Gasteiger partial charge in [-0.3, -0.25) is 0 Å². The average molecular weight is 289 g/mol. The van der Waals surface area contributed by atoms with Gasteiger partial charge in [0.05, 0.1) is 4.34 Å². The van der Waals surface area contributed by atoms with Crippen LogP contribution < -0.4 is 5.73 Å². The van der Waals surface area contributed by atoms with Gasteiger partial charge in [0.2, 0.25) is 0 Å². The quantitative estimate of drug-likeness (QED) is 0.784. The van der Waals surface area contributed by atoms with Gasteiger partial charge >= 0.3 is 0 Å². The first-order valence-corrected chi connectivity index (χ1v) is 7.75. The number of thiophene rings is 1. The highest BCUT2D eigenvalue weighted by atomic mass is 35.5. The molecular weight excluding hydrogens is 264 g/mol. The molecule has 1 aromatic heterocycles. The molecule has 1 aromatic rings. The molecule has 0 aliphatic heterocycles. The summed E-state index contributed by atoms with van der Waals surface area (Å²) < 4.78 is 0.877. The summed E-state index contributed by atoms with van der Waals surface area (Å²) in [6.07, 6.45) is 3.57. The summed E-state index contributed by atoms with van der Waals surface area (Å²) in [5.74, 6) is 0. The minimum Gasteiger partial charge on any atom is -0.330 e. The van der Waals surface area contributed by atoms with E-state index >= 15 is 0 Å². The van der Waals surface area contributed by atoms with Crippen LogP contribution in [0.2, 0.25) is 4.34 Å². The highest BCUT2D eigenvalue weighted by Gasteiger charge is 2.16. The van der Waals surface area contributed by atoms with Crippen LogP contribution in [0.3, 0.4) is 0 Å². The van der Waals surface area contributed by atoms with E-state index in [1.807, 2.05) is 6.07 Å². The maximum Gasteiger partial charge on any atom is 0.0931 e. The molecule has 0 amide bonds. The molecular formula is C14H25ClN2S. The van der Waals surface area contributed by atoms with Gasteiger partial charge in [-0.1, -0.05) is 25.4 Å². The first-order chi connectivity index (χ1) is 8.43. The Morgan fingerprint density at radius 3 is 2.61 bits per heavy atom. The molecule has 1 rings (SSSR count). The van der Waals surface area contributed by atoms with Crippen LogP contribution in [0.5, 0.6) is 0 Å². The fraction of sp³-hybridized carbons (Fsp3) is 0.714. The van der Waals surface area contributed by atoms with Crippen molar-refractivity contribution in [1.29, 1.82) is 0 Å². The highest BCUT2D eigenvalue weighted by molar-refractivity contribution is 7.16. The first kappa shape index (κ1) is 16.0. The Morgan fingerprint density at radius 2 is 2.06 bits per heavy atom. The van der Waals surface area contributed by atoms with Crippen molar-refractivity contribution in [2.24, 2.45) is 11.1 Å². The smallest absolute Gasteiger partial charge is 0.0931 e. The van der Waals surface area contributed by atoms with Crippen molar-refractivity contribution in [3.8, 4) is 0 Å². The molecule has 0 unspecified atom stereocenters. The molecule has 18 heavy (non-hydrogen) atoms. The van der Waals surface area contributed by atoms with E-state index in [0.29, 0.717) is 5.41 Å². The SMILES string of the molecule is CN(CCCC(C)(C)CCN)Cc1ccc(Cl)s1. The zero-order valence-corrected chi connectivity index (χ0v) is 13.3. The number of nitrogens with zero attached hydrogens (tertiary/aromatic N) is 1. The minimum absolute atomic E-state index is 0.377. The summed E-state index contributed by atoms with van der Waals surface area (Å²) in [5, 5.41) is 0. The van der Waals surface area contributed by atoms with Crippen molar-refractivity contribution >= 4 is 22.9 Å². The second-order valence-corrected chi connectivity index (χ2v) is 7.55. The predicted molar refractivity (Wildman–Crippen MR) is 82.3 cm³/mol. The van der Waals surface area contributed by atoms with Gasteiger partial charge in [-0.15, -0.1) is 11.3 Å². The Morgan fingerprint density at radius 1 is 1.33 bits per heavy atom. The zero-order chi connectivity index (χ0) is 13.6. The molecule has 0 bridgehead atoms. The second-order valence-electron chi connectivity index (χ2n) is 5.75. The molecule has 0 fully saturated rings. The van der Waals surface area contributed by atoms with E-state index in [0.717, 1.165) is 30.4 Å². The molecule has 2 N–H and O–H groups in total. The van der Waals surface area contributed by atoms with Gasteiger partial charge < -0.3 is 10.6 Å². The van der Waals surface area contributed by atoms with Gasteiger partial charge in [-0.25, -0.2) is 0 Å². The van der Waals surface area contributed by atoms with Gasteiger partial charge in [0.15, 0.2) is 0 Å². The standard InChI is InChI=1S/C14H25ClN2S/c1-14(2,8-9-16)7-4-10-17(3)11-12-5-6-13(15)18-12/h5-6H,4,7-11,16H2,1-3H3. The van der Waals surface area contributed by atoms with Crippen molar-refractivity contribution in [2.75, 3.05) is 20.1 Å². The molecule has 0 spiro atoms. The van der Waals surface area contributed by atoms with Crippen molar-refractivity contribution in [2.45, 2.75) is 39.7 Å². The first-order valence-electron chi connectivity index (χ1n) is 6.56. The number of hydrogen-bond donors (Lipinski definition) is 1. The van der Waals surface area contributed by atoms with E-state index in [-0.39, 0.29) is 0 Å². The number of hydrogen-bond acceptors (Lipinski definition) is 3. The van der Waals surface area contributed by atoms with Crippen LogP contribution in [0.15, 0.2) is 12.1 Å². The van der Waals surface area contributed by atoms with Crippen LogP contribution in [-0.2, 0) is 6.54 Å². The van der Waals surface area contributed by atoms with E-state index in [1.54, 1.807) is 11.3 Å². The summed E-state index contributed by atoms with van der Waals surface area (Å²) in [4.78, 5) is 3.70. The largest absolute Gasteiger partial charge is 0.330 e. The van der Waals surface area contributed by atoms with E-state index in [1.165, 1.54) is 17.7 Å². The van der Waals surface area contributed by atoms with Crippen LogP contribution in [0.1, 0.15) is 38.0 Å². The maximum atomic E-state index is 5.93. The third kappa shape index (κ3) is 6.19. The summed E-state index contributed by atoms with van der Waals surface area (Å²) in [5.41, 5.74) is 6.01. The monoisotopic (exact) mass is 288 g/mol. The molecule has 0 saturated heterocycles. The number of rotatable bonds is 8. The van der Waals surface area contributed by atoms with Gasteiger partial charge in [0.1, 0.15) is 0 Å². The third-order valence-corrected chi connectivity index (χ3v) is 4.49. The predicted octanol–water partition coefficient (Wildman–Crippen LogP) is 3.99. The minimum atomic E-state index is 0.377. The Bertz CT molecular complexity index is 349. The Hall–Kier alpha value is -0.0900. The summed E-state index contributed by atoms with van der Waals surface area (Å²) in [6.45, 7) is 7.52. The number of nitrogens with two attached hydrogens (primary N) is 1. The molecule has 0 aliphatic carbocycles. The fourth-order valence-electron chi connectivity index (χ4n) is 2.13. The Kier molecular flexibility index (Phi) is 6.64. The summed E-state index contributed by atoms with van der Waals surface area (Å²) >= 11 is 7.60. The molecule has 4 heteroatoms. The van der Waals surface area contributed by atoms with E-state index < -0.39 is 0 Å². The van der Waals surface area contributed by atoms with E-state index in [2.05, 4.69) is 31.9 Å². The fourth-order valence-corrected chi connectivity index (χ4v) is 3.29. The molecule has 0 saturated carbocycles. The lowest BCUT2D eigenvalue weighted by molar-refractivity contribution is 0.260. The zero-order valence-electron chi connectivity index (χ0n) is 11.7. The average Bonchev–Trinajstić information content (AvgIpc) is 2.63. The van der Waals surface area contributed by atoms with Gasteiger partial charge in [0, 0.05) is 11.4 Å². The van der Waals surface area contributed by atoms with Crippen molar-refractivity contribution < 1.29 is 0 Å². The van der Waals surface area contributed by atoms with Crippen LogP contribution >= 0.6 is 22.9 Å². The van der Waals surface area contributed by atoms with Crippen LogP contribution in [0, 0.1) is 5.41 Å². The molecule has 0 aliphatic rings. The summed E-state index contributed by atoms with van der Waals surface area (Å²) in [7, 11) is 2.17.